The van der Waals surface area contributed by atoms with Gasteiger partial charge in [0.25, 0.3) is 0 Å². The quantitative estimate of drug-likeness (QED) is 0.396. The lowest BCUT2D eigenvalue weighted by molar-refractivity contribution is 0.206. The summed E-state index contributed by atoms with van der Waals surface area (Å²) < 4.78 is 25.1. The Morgan fingerprint density at radius 1 is 0.773 bits per heavy atom. The van der Waals surface area contributed by atoms with E-state index in [2.05, 4.69) is 65.5 Å². The van der Waals surface area contributed by atoms with E-state index in [-0.39, 0.29) is 0 Å². The number of rotatable bonds is 10. The van der Waals surface area contributed by atoms with Crippen LogP contribution in [0.3, 0.4) is 0 Å². The second-order valence-electron chi connectivity index (χ2n) is 8.25. The Morgan fingerprint density at radius 2 is 1.23 bits per heavy atom. The van der Waals surface area contributed by atoms with Crippen LogP contribution in [0.15, 0.2) is 12.3 Å². The van der Waals surface area contributed by atoms with E-state index < -0.39 is 33.8 Å². The molecule has 22 heavy (non-hydrogen) atoms. The molecule has 132 valence electrons. The van der Waals surface area contributed by atoms with Gasteiger partial charge in [0, 0.05) is 6.42 Å². The number of ether oxygens (including phenoxy) is 1. The smallest absolute Gasteiger partial charge is 0.354 e. The van der Waals surface area contributed by atoms with E-state index in [4.69, 9.17) is 17.1 Å². The van der Waals surface area contributed by atoms with Crippen LogP contribution in [0, 0.1) is 0 Å². The molecule has 0 spiro atoms. The fraction of sp³-hybridized carbons (Fsp3) is 0.857. The third kappa shape index (κ3) is 10.9. The molecule has 1 unspecified atom stereocenters. The largest absolute Gasteiger partial charge is 0.497 e. The summed E-state index contributed by atoms with van der Waals surface area (Å²) in [6, 6.07) is 0. The zero-order chi connectivity index (χ0) is 17.8. The molecular formula is C14H36O4Si4. The predicted octanol–water partition coefficient (Wildman–Crippen LogP) is 4.96. The predicted molar refractivity (Wildman–Crippen MR) is 104 cm³/mol. The summed E-state index contributed by atoms with van der Waals surface area (Å²) in [5.74, 6) is 0.784. The third-order valence-corrected chi connectivity index (χ3v) is 15.4. The van der Waals surface area contributed by atoms with Crippen LogP contribution in [0.1, 0.15) is 13.3 Å². The number of hydrogen-bond acceptors (Lipinski definition) is 4. The Bertz CT molecular complexity index is 374. The molecule has 0 N–H and O–H groups in total. The Kier molecular flexibility index (Phi) is 8.01. The SMILES string of the molecule is C=C(CC)OC[Si](C)(O[Si](C)(C)C)O[Si](C)(C)O[Si](C)(C)C. The van der Waals surface area contributed by atoms with E-state index >= 15 is 0 Å². The second kappa shape index (κ2) is 7.91. The first kappa shape index (κ1) is 22.3. The summed E-state index contributed by atoms with van der Waals surface area (Å²) in [5, 5.41) is 0. The van der Waals surface area contributed by atoms with Crippen LogP contribution in [0.5, 0.6) is 0 Å². The zero-order valence-electron chi connectivity index (χ0n) is 16.3. The van der Waals surface area contributed by atoms with Gasteiger partial charge in [-0.3, -0.25) is 0 Å². The van der Waals surface area contributed by atoms with Gasteiger partial charge in [-0.05, 0) is 58.9 Å². The minimum atomic E-state index is -2.46. The molecule has 4 nitrogen and oxygen atoms in total. The van der Waals surface area contributed by atoms with Crippen molar-refractivity contribution in [3.05, 3.63) is 12.3 Å². The first-order chi connectivity index (χ1) is 9.58. The Labute approximate surface area is 142 Å². The minimum Gasteiger partial charge on any atom is -0.497 e. The van der Waals surface area contributed by atoms with Crippen LogP contribution in [0.2, 0.25) is 58.9 Å². The van der Waals surface area contributed by atoms with E-state index in [1.54, 1.807) is 0 Å². The summed E-state index contributed by atoms with van der Waals surface area (Å²) in [6.07, 6.45) is 1.29. The van der Waals surface area contributed by atoms with Crippen LogP contribution in [-0.4, -0.2) is 40.0 Å². The van der Waals surface area contributed by atoms with Crippen LogP contribution in [0.25, 0.3) is 0 Å². The summed E-state index contributed by atoms with van der Waals surface area (Å²) in [7, 11) is -8.08. The molecule has 0 heterocycles. The highest BCUT2D eigenvalue weighted by molar-refractivity contribution is 6.89. The summed E-state index contributed by atoms with van der Waals surface area (Å²) >= 11 is 0. The van der Waals surface area contributed by atoms with Crippen molar-refractivity contribution in [2.75, 3.05) is 6.23 Å². The number of hydrogen-bond donors (Lipinski definition) is 0. The Morgan fingerprint density at radius 3 is 1.59 bits per heavy atom. The van der Waals surface area contributed by atoms with Gasteiger partial charge in [0.05, 0.1) is 5.76 Å². The molecule has 0 saturated heterocycles. The van der Waals surface area contributed by atoms with E-state index in [0.29, 0.717) is 6.23 Å². The van der Waals surface area contributed by atoms with Crippen molar-refractivity contribution < 1.29 is 17.1 Å². The molecule has 0 rings (SSSR count). The minimum absolute atomic E-state index is 0.482. The first-order valence-corrected chi connectivity index (χ1v) is 20.1. The zero-order valence-corrected chi connectivity index (χ0v) is 20.3. The summed E-state index contributed by atoms with van der Waals surface area (Å²) in [5.41, 5.74) is 0. The van der Waals surface area contributed by atoms with Crippen LogP contribution < -0.4 is 0 Å². The molecule has 0 aliphatic carbocycles. The molecule has 0 aromatic heterocycles. The fourth-order valence-electron chi connectivity index (χ4n) is 2.34. The Hall–Kier alpha value is 0.288. The van der Waals surface area contributed by atoms with E-state index in [1.807, 2.05) is 6.92 Å². The maximum atomic E-state index is 6.51. The standard InChI is InChI=1S/C14H36O4Si4/c1-12-14(2)15-13-22(11,17-20(6,7)8)18-21(9,10)16-19(3,4)5/h2,12-13H2,1,3-11H3. The van der Waals surface area contributed by atoms with E-state index in [0.717, 1.165) is 12.2 Å². The van der Waals surface area contributed by atoms with E-state index in [1.165, 1.54) is 0 Å². The molecule has 0 bridgehead atoms. The molecule has 0 radical (unpaired) electrons. The van der Waals surface area contributed by atoms with Gasteiger partial charge < -0.3 is 17.1 Å². The summed E-state index contributed by atoms with van der Waals surface area (Å²) in [4.78, 5) is 0. The molecule has 0 aromatic rings. The normalized spacial score (nSPS) is 16.3. The van der Waals surface area contributed by atoms with Crippen molar-refractivity contribution in [3.63, 3.8) is 0 Å². The van der Waals surface area contributed by atoms with Crippen LogP contribution >= 0.6 is 0 Å². The lowest BCUT2D eigenvalue weighted by atomic mass is 10.4. The first-order valence-electron chi connectivity index (χ1n) is 7.99. The van der Waals surface area contributed by atoms with Gasteiger partial charge in [0.15, 0.2) is 16.6 Å². The second-order valence-corrected chi connectivity index (χ2v) is 24.5. The molecular weight excluding hydrogens is 344 g/mol. The molecule has 0 saturated carbocycles. The number of allylic oxidation sites excluding steroid dienone is 1. The third-order valence-electron chi connectivity index (χ3n) is 2.47. The maximum absolute atomic E-state index is 6.51. The highest BCUT2D eigenvalue weighted by Crippen LogP contribution is 2.24. The van der Waals surface area contributed by atoms with Gasteiger partial charge in [-0.1, -0.05) is 13.5 Å². The summed E-state index contributed by atoms with van der Waals surface area (Å²) in [6.45, 7) is 25.4. The average molecular weight is 381 g/mol. The maximum Gasteiger partial charge on any atom is 0.354 e. The van der Waals surface area contributed by atoms with Crippen molar-refractivity contribution in [2.24, 2.45) is 0 Å². The van der Waals surface area contributed by atoms with Crippen molar-refractivity contribution in [1.29, 1.82) is 0 Å². The molecule has 1 atom stereocenters. The van der Waals surface area contributed by atoms with Crippen LogP contribution in [0.4, 0.5) is 0 Å². The van der Waals surface area contributed by atoms with E-state index in [9.17, 15) is 0 Å². The average Bonchev–Trinajstić information content (AvgIpc) is 2.18. The molecule has 0 aromatic carbocycles. The topological polar surface area (TPSA) is 36.9 Å². The fourth-order valence-corrected chi connectivity index (χ4v) is 19.6. The van der Waals surface area contributed by atoms with Crippen molar-refractivity contribution in [2.45, 2.75) is 72.3 Å². The monoisotopic (exact) mass is 380 g/mol. The molecule has 0 fully saturated rings. The van der Waals surface area contributed by atoms with Gasteiger partial charge in [0.2, 0.25) is 0 Å². The van der Waals surface area contributed by atoms with Gasteiger partial charge in [-0.2, -0.15) is 0 Å². The molecule has 0 aliphatic rings. The lowest BCUT2D eigenvalue weighted by Gasteiger charge is -2.41. The highest BCUT2D eigenvalue weighted by Gasteiger charge is 2.45. The highest BCUT2D eigenvalue weighted by atomic mass is 28.5. The van der Waals surface area contributed by atoms with Gasteiger partial charge in [-0.15, -0.1) is 0 Å². The molecule has 0 amide bonds. The molecule has 8 heteroatoms. The van der Waals surface area contributed by atoms with Crippen molar-refractivity contribution >= 4 is 33.8 Å². The van der Waals surface area contributed by atoms with Gasteiger partial charge >= 0.3 is 17.1 Å². The molecule has 0 aliphatic heterocycles. The lowest BCUT2D eigenvalue weighted by Crippen LogP contribution is -2.59. The van der Waals surface area contributed by atoms with Crippen molar-refractivity contribution in [1.82, 2.24) is 0 Å². The van der Waals surface area contributed by atoms with Crippen molar-refractivity contribution in [3.8, 4) is 0 Å². The Balaban J connectivity index is 5.10. The van der Waals surface area contributed by atoms with Crippen LogP contribution in [-0.2, 0) is 17.1 Å². The van der Waals surface area contributed by atoms with Gasteiger partial charge in [0.1, 0.15) is 6.23 Å². The van der Waals surface area contributed by atoms with Gasteiger partial charge in [-0.25, -0.2) is 0 Å².